The van der Waals surface area contributed by atoms with Crippen LogP contribution in [0.3, 0.4) is 0 Å². The third-order valence-electron chi connectivity index (χ3n) is 2.58. The van der Waals surface area contributed by atoms with Crippen LogP contribution in [0.25, 0.3) is 0 Å². The Balaban J connectivity index is 3.02. The summed E-state index contributed by atoms with van der Waals surface area (Å²) in [7, 11) is 0. The minimum Gasteiger partial charge on any atom is -0.389 e. The van der Waals surface area contributed by atoms with Crippen LogP contribution in [0, 0.1) is 0 Å². The molecule has 0 aromatic carbocycles. The lowest BCUT2D eigenvalue weighted by molar-refractivity contribution is 0.0357. The van der Waals surface area contributed by atoms with Gasteiger partial charge < -0.3 is 15.2 Å². The maximum atomic E-state index is 9.47. The molecule has 0 aliphatic rings. The molecule has 2 N–H and O–H groups in total. The fourth-order valence-electron chi connectivity index (χ4n) is 1.57. The second kappa shape index (κ2) is 12.9. The summed E-state index contributed by atoms with van der Waals surface area (Å²) in [5.74, 6) is 0. The summed E-state index contributed by atoms with van der Waals surface area (Å²) in [5.41, 5.74) is 0. The van der Waals surface area contributed by atoms with Crippen molar-refractivity contribution in [2.45, 2.75) is 58.5 Å². The van der Waals surface area contributed by atoms with E-state index in [1.54, 1.807) is 0 Å². The van der Waals surface area contributed by atoms with Gasteiger partial charge in [-0.15, -0.1) is 0 Å². The van der Waals surface area contributed by atoms with Crippen molar-refractivity contribution in [1.29, 1.82) is 0 Å². The van der Waals surface area contributed by atoms with Gasteiger partial charge in [0.15, 0.2) is 0 Å². The van der Waals surface area contributed by atoms with Crippen molar-refractivity contribution >= 4 is 0 Å². The van der Waals surface area contributed by atoms with Crippen LogP contribution in [0.5, 0.6) is 0 Å². The van der Waals surface area contributed by atoms with Crippen molar-refractivity contribution in [3.05, 3.63) is 0 Å². The summed E-state index contributed by atoms with van der Waals surface area (Å²) in [4.78, 5) is 0. The molecule has 0 saturated heterocycles. The van der Waals surface area contributed by atoms with E-state index in [2.05, 4.69) is 12.2 Å². The van der Waals surface area contributed by atoms with E-state index in [0.29, 0.717) is 13.2 Å². The number of likely N-dealkylation sites (N-methyl/N-ethyl adjacent to an activating group) is 1. The first-order chi connectivity index (χ1) is 7.81. The molecule has 0 aromatic rings. The average Bonchev–Trinajstić information content (AvgIpc) is 2.30. The van der Waals surface area contributed by atoms with Gasteiger partial charge in [-0.2, -0.15) is 0 Å². The van der Waals surface area contributed by atoms with Crippen LogP contribution in [0.2, 0.25) is 0 Å². The van der Waals surface area contributed by atoms with Crippen molar-refractivity contribution in [1.82, 2.24) is 5.32 Å². The molecule has 0 fully saturated rings. The first-order valence-corrected chi connectivity index (χ1v) is 6.77. The Morgan fingerprint density at radius 1 is 1.06 bits per heavy atom. The number of nitrogens with one attached hydrogen (secondary N) is 1. The Labute approximate surface area is 101 Å². The molecule has 1 unspecified atom stereocenters. The molecule has 0 radical (unpaired) electrons. The molecule has 98 valence electrons. The third kappa shape index (κ3) is 12.0. The summed E-state index contributed by atoms with van der Waals surface area (Å²) in [5, 5.41) is 12.6. The summed E-state index contributed by atoms with van der Waals surface area (Å²) >= 11 is 0. The molecular formula is C13H29NO2. The van der Waals surface area contributed by atoms with Crippen molar-refractivity contribution in [3.63, 3.8) is 0 Å². The fourth-order valence-corrected chi connectivity index (χ4v) is 1.57. The van der Waals surface area contributed by atoms with Crippen LogP contribution in [0.15, 0.2) is 0 Å². The van der Waals surface area contributed by atoms with Crippen LogP contribution in [0.1, 0.15) is 52.4 Å². The number of aliphatic hydroxyl groups excluding tert-OH is 1. The summed E-state index contributed by atoms with van der Waals surface area (Å²) in [6.07, 6.45) is 7.33. The molecule has 0 aromatic heterocycles. The van der Waals surface area contributed by atoms with Gasteiger partial charge in [-0.3, -0.25) is 0 Å². The Bertz CT molecular complexity index is 131. The molecule has 3 heteroatoms. The lowest BCUT2D eigenvalue weighted by Gasteiger charge is -2.11. The van der Waals surface area contributed by atoms with Gasteiger partial charge >= 0.3 is 0 Å². The average molecular weight is 231 g/mol. The van der Waals surface area contributed by atoms with E-state index >= 15 is 0 Å². The topological polar surface area (TPSA) is 41.5 Å². The van der Waals surface area contributed by atoms with Crippen LogP contribution in [0.4, 0.5) is 0 Å². The molecule has 0 rings (SSSR count). The van der Waals surface area contributed by atoms with E-state index in [0.717, 1.165) is 19.6 Å². The summed E-state index contributed by atoms with van der Waals surface area (Å²) in [6.45, 7) is 7.04. The fraction of sp³-hybridized carbons (Fsp3) is 1.00. The highest BCUT2D eigenvalue weighted by Gasteiger charge is 2.02. The largest absolute Gasteiger partial charge is 0.389 e. The van der Waals surface area contributed by atoms with Crippen LogP contribution >= 0.6 is 0 Å². The maximum absolute atomic E-state index is 9.47. The first kappa shape index (κ1) is 15.9. The Morgan fingerprint density at radius 2 is 1.75 bits per heavy atom. The number of rotatable bonds is 12. The van der Waals surface area contributed by atoms with Gasteiger partial charge in [-0.25, -0.2) is 0 Å². The molecular weight excluding hydrogens is 202 g/mol. The molecule has 0 aliphatic heterocycles. The highest BCUT2D eigenvalue weighted by molar-refractivity contribution is 4.56. The van der Waals surface area contributed by atoms with Gasteiger partial charge in [0, 0.05) is 13.2 Å². The normalized spacial score (nSPS) is 12.9. The predicted molar refractivity (Wildman–Crippen MR) is 68.7 cm³/mol. The second-order valence-corrected chi connectivity index (χ2v) is 4.30. The quantitative estimate of drug-likeness (QED) is 0.507. The third-order valence-corrected chi connectivity index (χ3v) is 2.58. The monoisotopic (exact) mass is 231 g/mol. The zero-order valence-corrected chi connectivity index (χ0v) is 11.0. The molecule has 0 heterocycles. The number of hydrogen-bond acceptors (Lipinski definition) is 3. The van der Waals surface area contributed by atoms with Crippen LogP contribution < -0.4 is 5.32 Å². The standard InChI is InChI=1S/C13H29NO2/c1-3-5-6-7-8-9-10-16-12-13(15)11-14-4-2/h13-15H,3-12H2,1-2H3. The Morgan fingerprint density at radius 3 is 2.44 bits per heavy atom. The first-order valence-electron chi connectivity index (χ1n) is 6.77. The van der Waals surface area contributed by atoms with Crippen molar-refractivity contribution in [2.24, 2.45) is 0 Å². The molecule has 16 heavy (non-hydrogen) atoms. The number of unbranched alkanes of at least 4 members (excludes halogenated alkanes) is 5. The Hall–Kier alpha value is -0.120. The zero-order chi connectivity index (χ0) is 12.1. The van der Waals surface area contributed by atoms with E-state index < -0.39 is 0 Å². The maximum Gasteiger partial charge on any atom is 0.0897 e. The SMILES string of the molecule is CCCCCCCCOCC(O)CNCC. The van der Waals surface area contributed by atoms with Gasteiger partial charge in [0.1, 0.15) is 0 Å². The van der Waals surface area contributed by atoms with E-state index in [1.165, 1.54) is 32.1 Å². The minimum atomic E-state index is -0.361. The van der Waals surface area contributed by atoms with Crippen molar-refractivity contribution < 1.29 is 9.84 Å². The number of aliphatic hydroxyl groups is 1. The lowest BCUT2D eigenvalue weighted by atomic mass is 10.1. The van der Waals surface area contributed by atoms with Crippen LogP contribution in [-0.2, 0) is 4.74 Å². The van der Waals surface area contributed by atoms with E-state index in [-0.39, 0.29) is 6.10 Å². The molecule has 0 spiro atoms. The highest BCUT2D eigenvalue weighted by atomic mass is 16.5. The minimum absolute atomic E-state index is 0.361. The molecule has 0 bridgehead atoms. The predicted octanol–water partition coefficient (Wildman–Crippen LogP) is 2.33. The van der Waals surface area contributed by atoms with Gasteiger partial charge in [0.25, 0.3) is 0 Å². The molecule has 0 amide bonds. The molecule has 3 nitrogen and oxygen atoms in total. The van der Waals surface area contributed by atoms with E-state index in [1.807, 2.05) is 6.92 Å². The molecule has 0 saturated carbocycles. The summed E-state index contributed by atoms with van der Waals surface area (Å²) in [6, 6.07) is 0. The number of ether oxygens (including phenoxy) is 1. The zero-order valence-electron chi connectivity index (χ0n) is 11.0. The van der Waals surface area contributed by atoms with E-state index in [9.17, 15) is 5.11 Å². The highest BCUT2D eigenvalue weighted by Crippen LogP contribution is 2.04. The van der Waals surface area contributed by atoms with Crippen molar-refractivity contribution in [2.75, 3.05) is 26.3 Å². The smallest absolute Gasteiger partial charge is 0.0897 e. The molecule has 1 atom stereocenters. The van der Waals surface area contributed by atoms with Gasteiger partial charge in [0.2, 0.25) is 0 Å². The number of hydrogen-bond donors (Lipinski definition) is 2. The van der Waals surface area contributed by atoms with Gasteiger partial charge in [0.05, 0.1) is 12.7 Å². The van der Waals surface area contributed by atoms with Gasteiger partial charge in [-0.05, 0) is 13.0 Å². The van der Waals surface area contributed by atoms with Crippen LogP contribution in [-0.4, -0.2) is 37.5 Å². The lowest BCUT2D eigenvalue weighted by Crippen LogP contribution is -2.30. The van der Waals surface area contributed by atoms with Crippen molar-refractivity contribution in [3.8, 4) is 0 Å². The molecule has 0 aliphatic carbocycles. The Kier molecular flexibility index (Phi) is 12.9. The van der Waals surface area contributed by atoms with Gasteiger partial charge in [-0.1, -0.05) is 46.0 Å². The van der Waals surface area contributed by atoms with E-state index in [4.69, 9.17) is 4.74 Å². The summed E-state index contributed by atoms with van der Waals surface area (Å²) < 4.78 is 5.41. The second-order valence-electron chi connectivity index (χ2n) is 4.30.